The van der Waals surface area contributed by atoms with Crippen molar-refractivity contribution in [3.8, 4) is 5.69 Å². The molecule has 2 aromatic heterocycles. The lowest BCUT2D eigenvalue weighted by atomic mass is 10.2. The largest absolute Gasteiger partial charge is 1.00 e. The zero-order chi connectivity index (χ0) is 19.8. The topological polar surface area (TPSA) is 29.1 Å². The Bertz CT molecular complexity index is 1260. The molecule has 29 heavy (non-hydrogen) atoms. The summed E-state index contributed by atoms with van der Waals surface area (Å²) in [5.41, 5.74) is 4.28. The standard InChI is InChI=1S/C22H22N3OS2.HI/c1-15-8-10-17(11-9-15)25-19(13-18-7-5-6-12-23(18)3)28-20(21(25)26)22-24(4)16(2)14-27-22;/h5-14H,1-4H3;1H/q+1;/p-1/b22-20+;. The second-order valence-electron chi connectivity index (χ2n) is 6.87. The van der Waals surface area contributed by atoms with Gasteiger partial charge in [0.15, 0.2) is 6.20 Å². The first-order valence-electron chi connectivity index (χ1n) is 9.02. The summed E-state index contributed by atoms with van der Waals surface area (Å²) < 4.78 is 5.56. The summed E-state index contributed by atoms with van der Waals surface area (Å²) in [6, 6.07) is 14.2. The van der Waals surface area contributed by atoms with E-state index in [9.17, 15) is 4.79 Å². The molecular formula is C22H22IN3OS2. The van der Waals surface area contributed by atoms with E-state index in [1.54, 1.807) is 23.1 Å². The van der Waals surface area contributed by atoms with Crippen molar-refractivity contribution in [2.24, 2.45) is 7.05 Å². The highest BCUT2D eigenvalue weighted by Gasteiger charge is 2.19. The maximum atomic E-state index is 13.5. The average Bonchev–Trinajstić information content (AvgIpc) is 3.17. The van der Waals surface area contributed by atoms with Gasteiger partial charge < -0.3 is 28.9 Å². The fourth-order valence-electron chi connectivity index (χ4n) is 3.04. The predicted molar refractivity (Wildman–Crippen MR) is 118 cm³/mol. The smallest absolute Gasteiger partial charge is 0.276 e. The lowest BCUT2D eigenvalue weighted by Crippen LogP contribution is -3.00. The molecule has 0 saturated carbocycles. The normalized spacial score (nSPS) is 16.1. The van der Waals surface area contributed by atoms with Gasteiger partial charge in [0.2, 0.25) is 5.69 Å². The molecule has 0 aliphatic carbocycles. The highest BCUT2D eigenvalue weighted by Crippen LogP contribution is 2.32. The molecule has 1 aliphatic rings. The number of nitrogens with zero attached hydrogens (tertiary/aromatic N) is 3. The van der Waals surface area contributed by atoms with Gasteiger partial charge in [-0.15, -0.1) is 11.3 Å². The van der Waals surface area contributed by atoms with Crippen LogP contribution in [0.2, 0.25) is 0 Å². The van der Waals surface area contributed by atoms with Crippen LogP contribution in [-0.4, -0.2) is 16.5 Å². The number of thioether (sulfide) groups is 1. The highest BCUT2D eigenvalue weighted by atomic mass is 127. The summed E-state index contributed by atoms with van der Waals surface area (Å²) in [5.74, 6) is 0. The van der Waals surface area contributed by atoms with Gasteiger partial charge in [0.25, 0.3) is 5.56 Å². The number of halogens is 1. The van der Waals surface area contributed by atoms with Gasteiger partial charge in [-0.1, -0.05) is 29.5 Å². The molecule has 1 aromatic carbocycles. The molecule has 0 spiro atoms. The maximum Gasteiger partial charge on any atom is 0.276 e. The van der Waals surface area contributed by atoms with Gasteiger partial charge in [-0.2, -0.15) is 0 Å². The summed E-state index contributed by atoms with van der Waals surface area (Å²) in [6.45, 7) is 4.11. The Morgan fingerprint density at radius 3 is 2.41 bits per heavy atom. The molecule has 150 valence electrons. The van der Waals surface area contributed by atoms with Crippen molar-refractivity contribution in [1.82, 2.24) is 9.47 Å². The van der Waals surface area contributed by atoms with Crippen LogP contribution in [0.1, 0.15) is 18.2 Å². The monoisotopic (exact) mass is 535 g/mol. The Morgan fingerprint density at radius 1 is 1.07 bits per heavy atom. The first kappa shape index (κ1) is 21.9. The van der Waals surface area contributed by atoms with Crippen molar-refractivity contribution in [2.45, 2.75) is 13.8 Å². The molecule has 0 amide bonds. The zero-order valence-corrected chi connectivity index (χ0v) is 20.5. The van der Waals surface area contributed by atoms with Gasteiger partial charge in [-0.25, -0.2) is 4.57 Å². The van der Waals surface area contributed by atoms with E-state index in [-0.39, 0.29) is 29.5 Å². The quantitative estimate of drug-likeness (QED) is 0.327. The van der Waals surface area contributed by atoms with E-state index < -0.39 is 0 Å². The van der Waals surface area contributed by atoms with Crippen molar-refractivity contribution in [3.63, 3.8) is 0 Å². The molecule has 4 rings (SSSR count). The van der Waals surface area contributed by atoms with Gasteiger partial charge in [-0.3, -0.25) is 9.36 Å². The first-order valence-corrected chi connectivity index (χ1v) is 10.7. The van der Waals surface area contributed by atoms with Gasteiger partial charge in [0.1, 0.15) is 21.3 Å². The van der Waals surface area contributed by atoms with Crippen molar-refractivity contribution < 1.29 is 28.5 Å². The Kier molecular flexibility index (Phi) is 6.70. The van der Waals surface area contributed by atoms with Crippen molar-refractivity contribution >= 4 is 34.2 Å². The van der Waals surface area contributed by atoms with E-state index in [1.807, 2.05) is 61.3 Å². The van der Waals surface area contributed by atoms with Gasteiger partial charge in [0.05, 0.1) is 5.69 Å². The molecule has 0 saturated heterocycles. The van der Waals surface area contributed by atoms with Gasteiger partial charge in [-0.05, 0) is 37.5 Å². The lowest BCUT2D eigenvalue weighted by molar-refractivity contribution is -0.673. The summed E-state index contributed by atoms with van der Waals surface area (Å²) in [6.07, 6.45) is 4.09. The van der Waals surface area contributed by atoms with E-state index in [1.165, 1.54) is 5.56 Å². The van der Waals surface area contributed by atoms with E-state index >= 15 is 0 Å². The maximum absolute atomic E-state index is 13.5. The van der Waals surface area contributed by atoms with Crippen LogP contribution in [0.15, 0.2) is 64.6 Å². The molecule has 4 nitrogen and oxygen atoms in total. The third kappa shape index (κ3) is 4.22. The Hall–Kier alpha value is -1.84. The molecule has 1 aliphatic heterocycles. The minimum absolute atomic E-state index is 0. The SMILES string of the molecule is CC1=CS/C(=c2/s/c(=C\c3cccc[n+]3C)n(-c3ccc(C)cc3)c2=O)N1C.[I-]. The van der Waals surface area contributed by atoms with Crippen LogP contribution in [0.5, 0.6) is 0 Å². The third-order valence-electron chi connectivity index (χ3n) is 4.85. The fraction of sp³-hybridized carbons (Fsp3) is 0.182. The van der Waals surface area contributed by atoms with Crippen LogP contribution in [0.4, 0.5) is 0 Å². The molecule has 7 heteroatoms. The van der Waals surface area contributed by atoms with E-state index in [4.69, 9.17) is 0 Å². The number of aryl methyl sites for hydroxylation is 2. The number of hydrogen-bond donors (Lipinski definition) is 0. The van der Waals surface area contributed by atoms with E-state index in [0.29, 0.717) is 0 Å². The number of benzene rings is 1. The predicted octanol–water partition coefficient (Wildman–Crippen LogP) is -0.530. The number of rotatable bonds is 2. The molecule has 3 heterocycles. The van der Waals surface area contributed by atoms with Crippen LogP contribution in [0.25, 0.3) is 16.8 Å². The zero-order valence-electron chi connectivity index (χ0n) is 16.7. The minimum atomic E-state index is 0. The van der Waals surface area contributed by atoms with Gasteiger partial charge >= 0.3 is 0 Å². The molecule has 0 radical (unpaired) electrons. The number of thiazole rings is 1. The van der Waals surface area contributed by atoms with E-state index in [0.717, 1.165) is 31.3 Å². The molecular weight excluding hydrogens is 513 g/mol. The van der Waals surface area contributed by atoms with Crippen LogP contribution in [0.3, 0.4) is 0 Å². The number of allylic oxidation sites excluding steroid dienone is 1. The fourth-order valence-corrected chi connectivity index (χ4v) is 5.32. The number of aromatic nitrogens is 2. The average molecular weight is 535 g/mol. The molecule has 3 aromatic rings. The molecule has 0 bridgehead atoms. The van der Waals surface area contributed by atoms with Crippen molar-refractivity contribution in [2.75, 3.05) is 7.05 Å². The van der Waals surface area contributed by atoms with E-state index in [2.05, 4.69) is 40.9 Å². The number of pyridine rings is 1. The lowest BCUT2D eigenvalue weighted by Gasteiger charge is -2.12. The highest BCUT2D eigenvalue weighted by molar-refractivity contribution is 8.10. The number of hydrogen-bond acceptors (Lipinski definition) is 4. The summed E-state index contributed by atoms with van der Waals surface area (Å²) >= 11 is 3.15. The molecule has 0 fully saturated rings. The summed E-state index contributed by atoms with van der Waals surface area (Å²) in [4.78, 5) is 15.5. The summed E-state index contributed by atoms with van der Waals surface area (Å²) in [5, 5.41) is 3.08. The van der Waals surface area contributed by atoms with Gasteiger partial charge in [0, 0.05) is 31.0 Å². The molecule has 0 N–H and O–H groups in total. The van der Waals surface area contributed by atoms with Crippen molar-refractivity contribution in [3.05, 3.63) is 90.6 Å². The Balaban J connectivity index is 0.00000240. The third-order valence-corrected chi connectivity index (χ3v) is 7.22. The van der Waals surface area contributed by atoms with Crippen LogP contribution < -0.4 is 43.3 Å². The van der Waals surface area contributed by atoms with Crippen molar-refractivity contribution in [1.29, 1.82) is 0 Å². The minimum Gasteiger partial charge on any atom is -1.00 e. The van der Waals surface area contributed by atoms with Crippen LogP contribution >= 0.6 is 23.1 Å². The summed E-state index contributed by atoms with van der Waals surface area (Å²) in [7, 11) is 4.02. The van der Waals surface area contributed by atoms with Crippen LogP contribution in [-0.2, 0) is 7.05 Å². The first-order chi connectivity index (χ1) is 13.5. The Morgan fingerprint density at radius 2 is 1.79 bits per heavy atom. The molecule has 0 unspecified atom stereocenters. The molecule has 0 atom stereocenters. The Labute approximate surface area is 195 Å². The second kappa shape index (κ2) is 8.89. The second-order valence-corrected chi connectivity index (χ2v) is 8.76. The van der Waals surface area contributed by atoms with Crippen LogP contribution in [0, 0.1) is 6.92 Å².